The van der Waals surface area contributed by atoms with Crippen LogP contribution in [0, 0.1) is 0 Å². The van der Waals surface area contributed by atoms with Crippen molar-refractivity contribution >= 4 is 11.9 Å². The van der Waals surface area contributed by atoms with Crippen LogP contribution in [0.4, 0.5) is 0 Å². The molecule has 82 heavy (non-hydrogen) atoms. The van der Waals surface area contributed by atoms with E-state index in [-0.39, 0.29) is 38.0 Å². The number of aliphatic hydroxyl groups is 4. The summed E-state index contributed by atoms with van der Waals surface area (Å²) in [7, 11) is 3.99. The summed E-state index contributed by atoms with van der Waals surface area (Å²) in [5.41, 5.74) is 0. The Bertz CT molecular complexity index is 1160. The minimum Gasteiger partial charge on any atom is -0.464 e. The first-order valence-electron chi connectivity index (χ1n) is 35.8. The van der Waals surface area contributed by atoms with E-state index < -0.39 is 24.4 Å². The Hall–Kier alpha value is -1.38. The van der Waals surface area contributed by atoms with Gasteiger partial charge in [0.25, 0.3) is 0 Å². The second-order valence-corrected chi connectivity index (χ2v) is 25.6. The van der Waals surface area contributed by atoms with Gasteiger partial charge in [-0.2, -0.15) is 0 Å². The molecule has 4 N–H and O–H groups in total. The average molecular weight is 1170 g/mol. The van der Waals surface area contributed by atoms with E-state index in [1.165, 1.54) is 205 Å². The van der Waals surface area contributed by atoms with E-state index in [4.69, 9.17) is 9.47 Å². The molecule has 0 radical (unpaired) electrons. The number of likely N-dealkylation sites (N-methyl/N-ethyl adjacent to an activating group) is 2. The first-order chi connectivity index (χ1) is 39.9. The lowest BCUT2D eigenvalue weighted by atomic mass is 10.0. The maximum atomic E-state index is 12.9. The SMILES string of the molecule is CCCCCCCCCCCCC(O)CN(CCOC(=O)CCN(C)CCN(C)CCC(=O)OCCN(CC(O)CCCCCCCCCCCC)CC(O)CCCCCCCCCCCC)CC(O)CCCCCCCCCCCC. The lowest BCUT2D eigenvalue weighted by Crippen LogP contribution is -2.40. The summed E-state index contributed by atoms with van der Waals surface area (Å²) in [5, 5.41) is 44.2. The Morgan fingerprint density at radius 2 is 0.488 bits per heavy atom. The summed E-state index contributed by atoms with van der Waals surface area (Å²) >= 11 is 0. The summed E-state index contributed by atoms with van der Waals surface area (Å²) < 4.78 is 11.4. The van der Waals surface area contributed by atoms with Crippen molar-refractivity contribution in [1.82, 2.24) is 19.6 Å². The average Bonchev–Trinajstić information content (AvgIpc) is 3.45. The van der Waals surface area contributed by atoms with Crippen molar-refractivity contribution in [3.63, 3.8) is 0 Å². The highest BCUT2D eigenvalue weighted by atomic mass is 16.5. The van der Waals surface area contributed by atoms with E-state index >= 15 is 0 Å². The maximum absolute atomic E-state index is 12.9. The molecule has 4 atom stereocenters. The van der Waals surface area contributed by atoms with Gasteiger partial charge in [-0.15, -0.1) is 0 Å². The Morgan fingerprint density at radius 1 is 0.293 bits per heavy atom. The number of aliphatic hydroxyl groups excluding tert-OH is 4. The first-order valence-corrected chi connectivity index (χ1v) is 35.8. The van der Waals surface area contributed by atoms with Gasteiger partial charge in [-0.05, 0) is 39.8 Å². The summed E-state index contributed by atoms with van der Waals surface area (Å²) in [5.74, 6) is -0.490. The molecule has 490 valence electrons. The molecule has 0 aromatic heterocycles. The second kappa shape index (κ2) is 62.7. The van der Waals surface area contributed by atoms with Crippen LogP contribution in [-0.4, -0.2) is 169 Å². The largest absolute Gasteiger partial charge is 0.464 e. The number of carbonyl (C=O) groups is 2. The maximum Gasteiger partial charge on any atom is 0.307 e. The van der Waals surface area contributed by atoms with Crippen molar-refractivity contribution in [2.24, 2.45) is 0 Å². The minimum absolute atomic E-state index is 0.234. The number of hydrogen-bond donors (Lipinski definition) is 4. The van der Waals surface area contributed by atoms with E-state index in [1.54, 1.807) is 0 Å². The summed E-state index contributed by atoms with van der Waals surface area (Å²) in [6.07, 6.45) is 52.2. The van der Waals surface area contributed by atoms with Gasteiger partial charge in [-0.1, -0.05) is 285 Å². The number of rotatable bonds is 67. The van der Waals surface area contributed by atoms with Gasteiger partial charge in [-0.3, -0.25) is 19.4 Å². The van der Waals surface area contributed by atoms with Gasteiger partial charge in [0.1, 0.15) is 13.2 Å². The molecule has 0 saturated heterocycles. The number of hydrogen-bond acceptors (Lipinski definition) is 12. The zero-order valence-corrected chi connectivity index (χ0v) is 55.5. The fraction of sp³-hybridized carbons (Fsp3) is 0.971. The molecular weight excluding hydrogens is 1020 g/mol. The Balaban J connectivity index is 4.83. The van der Waals surface area contributed by atoms with Gasteiger partial charge in [0, 0.05) is 65.4 Å². The Morgan fingerprint density at radius 3 is 0.695 bits per heavy atom. The van der Waals surface area contributed by atoms with E-state index in [1.807, 2.05) is 14.1 Å². The van der Waals surface area contributed by atoms with Crippen LogP contribution in [0.25, 0.3) is 0 Å². The second-order valence-electron chi connectivity index (χ2n) is 25.6. The third-order valence-corrected chi connectivity index (χ3v) is 17.0. The lowest BCUT2D eigenvalue weighted by molar-refractivity contribution is -0.145. The van der Waals surface area contributed by atoms with Crippen molar-refractivity contribution in [2.45, 2.75) is 347 Å². The highest BCUT2D eigenvalue weighted by Gasteiger charge is 2.19. The van der Waals surface area contributed by atoms with E-state index in [2.05, 4.69) is 47.3 Å². The molecule has 0 heterocycles. The van der Waals surface area contributed by atoms with Crippen LogP contribution in [0.3, 0.4) is 0 Å². The quantitative estimate of drug-likeness (QED) is 0.0340. The molecule has 0 fully saturated rings. The van der Waals surface area contributed by atoms with Crippen LogP contribution in [0.5, 0.6) is 0 Å². The van der Waals surface area contributed by atoms with Crippen LogP contribution in [0.2, 0.25) is 0 Å². The summed E-state index contributed by atoms with van der Waals surface area (Å²) in [6, 6.07) is 0. The van der Waals surface area contributed by atoms with Gasteiger partial charge in [0.15, 0.2) is 0 Å². The molecule has 12 heteroatoms. The molecule has 12 nitrogen and oxygen atoms in total. The van der Waals surface area contributed by atoms with Crippen molar-refractivity contribution in [3.05, 3.63) is 0 Å². The Labute approximate surface area is 509 Å². The third kappa shape index (κ3) is 59.0. The highest BCUT2D eigenvalue weighted by molar-refractivity contribution is 5.69. The fourth-order valence-corrected chi connectivity index (χ4v) is 11.4. The highest BCUT2D eigenvalue weighted by Crippen LogP contribution is 2.18. The molecule has 0 aliphatic carbocycles. The van der Waals surface area contributed by atoms with Crippen LogP contribution in [-0.2, 0) is 19.1 Å². The predicted octanol–water partition coefficient (Wildman–Crippen LogP) is 16.0. The smallest absolute Gasteiger partial charge is 0.307 e. The molecule has 0 spiro atoms. The molecule has 0 rings (SSSR count). The molecule has 0 aromatic carbocycles. The summed E-state index contributed by atoms with van der Waals surface area (Å²) in [6.45, 7) is 15.0. The first kappa shape index (κ1) is 80.6. The van der Waals surface area contributed by atoms with Crippen LogP contribution in [0.15, 0.2) is 0 Å². The van der Waals surface area contributed by atoms with Gasteiger partial charge >= 0.3 is 11.9 Å². The molecule has 0 saturated carbocycles. The number of ether oxygens (including phenoxy) is 2. The predicted molar refractivity (Wildman–Crippen MR) is 349 cm³/mol. The van der Waals surface area contributed by atoms with Crippen LogP contribution in [0.1, 0.15) is 323 Å². The lowest BCUT2D eigenvalue weighted by Gasteiger charge is -2.27. The standard InChI is InChI=1S/C70H142N4O8/c1-7-11-15-19-23-27-31-35-39-43-47-65(75)61-73(62-66(76)48-44-40-36-32-28-24-20-16-12-8-2)57-59-81-69(79)51-53-71(5)55-56-72(6)54-52-70(80)82-60-58-74(63-67(77)49-45-41-37-33-29-25-21-17-13-9-3)64-68(78)50-46-42-38-34-30-26-22-18-14-10-4/h65-68,75-78H,7-64H2,1-6H3. The molecule has 0 aromatic rings. The van der Waals surface area contributed by atoms with Gasteiger partial charge < -0.3 is 39.7 Å². The summed E-state index contributed by atoms with van der Waals surface area (Å²) in [4.78, 5) is 34.3. The van der Waals surface area contributed by atoms with E-state index in [9.17, 15) is 30.0 Å². The fourth-order valence-electron chi connectivity index (χ4n) is 11.4. The molecule has 0 amide bonds. The molecule has 4 unspecified atom stereocenters. The Kier molecular flexibility index (Phi) is 61.6. The molecular formula is C70H142N4O8. The number of esters is 2. The van der Waals surface area contributed by atoms with Crippen molar-refractivity contribution < 1.29 is 39.5 Å². The monoisotopic (exact) mass is 1170 g/mol. The van der Waals surface area contributed by atoms with Crippen LogP contribution >= 0.6 is 0 Å². The zero-order chi connectivity index (χ0) is 60.2. The molecule has 0 aliphatic heterocycles. The number of nitrogens with zero attached hydrogens (tertiary/aromatic N) is 4. The van der Waals surface area contributed by atoms with Crippen molar-refractivity contribution in [2.75, 3.05) is 92.8 Å². The molecule has 0 aliphatic rings. The van der Waals surface area contributed by atoms with Gasteiger partial charge in [-0.25, -0.2) is 0 Å². The van der Waals surface area contributed by atoms with E-state index in [0.29, 0.717) is 52.4 Å². The zero-order valence-electron chi connectivity index (χ0n) is 55.5. The van der Waals surface area contributed by atoms with Gasteiger partial charge in [0.2, 0.25) is 0 Å². The van der Waals surface area contributed by atoms with E-state index in [0.717, 1.165) is 90.1 Å². The number of carbonyl (C=O) groups excluding carboxylic acids is 2. The van der Waals surface area contributed by atoms with Crippen LogP contribution < -0.4 is 0 Å². The van der Waals surface area contributed by atoms with Gasteiger partial charge in [0.05, 0.1) is 37.3 Å². The molecule has 0 bridgehead atoms. The minimum atomic E-state index is -0.466. The topological polar surface area (TPSA) is 146 Å². The van der Waals surface area contributed by atoms with Crippen molar-refractivity contribution in [3.8, 4) is 0 Å². The number of unbranched alkanes of at least 4 members (excludes halogenated alkanes) is 36. The van der Waals surface area contributed by atoms with Crippen molar-refractivity contribution in [1.29, 1.82) is 0 Å². The normalized spacial score (nSPS) is 13.5. The third-order valence-electron chi connectivity index (χ3n) is 17.0.